The van der Waals surface area contributed by atoms with Crippen LogP contribution in [0.4, 0.5) is 0 Å². The maximum atomic E-state index is 13.1. The molecule has 2 aromatic rings. The molecule has 2 aliphatic heterocycles. The summed E-state index contributed by atoms with van der Waals surface area (Å²) in [7, 11) is -3.46. The number of fused-ring (bicyclic) bond motifs is 1. The third-order valence-corrected chi connectivity index (χ3v) is 9.04. The Morgan fingerprint density at radius 1 is 1.07 bits per heavy atom. The summed E-state index contributed by atoms with van der Waals surface area (Å²) >= 11 is 1.60. The molecular weight excluding hydrogens is 416 g/mol. The molecule has 1 aromatic heterocycles. The van der Waals surface area contributed by atoms with Gasteiger partial charge < -0.3 is 9.64 Å². The summed E-state index contributed by atoms with van der Waals surface area (Å²) < 4.78 is 33.7. The van der Waals surface area contributed by atoms with Gasteiger partial charge in [0, 0.05) is 24.5 Å². The van der Waals surface area contributed by atoms with Crippen molar-refractivity contribution in [3.8, 4) is 5.06 Å². The van der Waals surface area contributed by atoms with Gasteiger partial charge in [-0.25, -0.2) is 8.42 Å². The van der Waals surface area contributed by atoms with Crippen molar-refractivity contribution < 1.29 is 13.2 Å². The van der Waals surface area contributed by atoms with E-state index in [-0.39, 0.29) is 0 Å². The fourth-order valence-corrected chi connectivity index (χ4v) is 6.82. The normalized spacial score (nSPS) is 18.3. The zero-order valence-electron chi connectivity index (χ0n) is 17.8. The Bertz CT molecular complexity index is 932. The summed E-state index contributed by atoms with van der Waals surface area (Å²) in [6.07, 6.45) is 6.70. The quantitative estimate of drug-likeness (QED) is 0.565. The number of rotatable bonds is 8. The summed E-state index contributed by atoms with van der Waals surface area (Å²) in [5, 5.41) is 0.921. The van der Waals surface area contributed by atoms with Crippen LogP contribution in [0.5, 0.6) is 5.06 Å². The number of likely N-dealkylation sites (tertiary alicyclic amines) is 1. The van der Waals surface area contributed by atoms with Crippen LogP contribution in [-0.2, 0) is 29.4 Å². The zero-order chi connectivity index (χ0) is 21.0. The molecule has 0 saturated carbocycles. The highest BCUT2D eigenvalue weighted by Crippen LogP contribution is 2.35. The molecular formula is C23H32N2O3S2. The molecule has 0 amide bonds. The minimum atomic E-state index is -3.46. The number of aryl methyl sites for hydroxylation is 1. The van der Waals surface area contributed by atoms with Gasteiger partial charge in [0.15, 0.2) is 5.06 Å². The lowest BCUT2D eigenvalue weighted by molar-refractivity contribution is 0.206. The molecule has 0 atom stereocenters. The molecule has 1 saturated heterocycles. The molecule has 5 nitrogen and oxygen atoms in total. The topological polar surface area (TPSA) is 49.9 Å². The van der Waals surface area contributed by atoms with E-state index in [0.29, 0.717) is 18.0 Å². The van der Waals surface area contributed by atoms with Crippen LogP contribution in [0.15, 0.2) is 35.2 Å². The molecule has 4 rings (SSSR count). The fourth-order valence-electron chi connectivity index (χ4n) is 4.24. The van der Waals surface area contributed by atoms with E-state index in [2.05, 4.69) is 17.9 Å². The highest BCUT2D eigenvalue weighted by Gasteiger charge is 2.29. The van der Waals surface area contributed by atoms with E-state index in [9.17, 15) is 8.42 Å². The van der Waals surface area contributed by atoms with Crippen molar-refractivity contribution in [2.24, 2.45) is 0 Å². The summed E-state index contributed by atoms with van der Waals surface area (Å²) in [4.78, 5) is 4.03. The van der Waals surface area contributed by atoms with E-state index in [4.69, 9.17) is 4.74 Å². The number of hydrogen-bond donors (Lipinski definition) is 0. The zero-order valence-corrected chi connectivity index (χ0v) is 19.4. The molecule has 0 bridgehead atoms. The average Bonchev–Trinajstić information content (AvgIpc) is 3.19. The Morgan fingerprint density at radius 2 is 1.83 bits per heavy atom. The van der Waals surface area contributed by atoms with Crippen molar-refractivity contribution in [3.05, 3.63) is 46.3 Å². The van der Waals surface area contributed by atoms with Crippen LogP contribution >= 0.6 is 11.3 Å². The van der Waals surface area contributed by atoms with Gasteiger partial charge in [0.2, 0.25) is 10.0 Å². The third kappa shape index (κ3) is 5.07. The van der Waals surface area contributed by atoms with Crippen molar-refractivity contribution in [3.63, 3.8) is 0 Å². The third-order valence-electron chi connectivity index (χ3n) is 6.11. The van der Waals surface area contributed by atoms with Gasteiger partial charge in [-0.1, -0.05) is 25.5 Å². The average molecular weight is 449 g/mol. The lowest BCUT2D eigenvalue weighted by atomic mass is 10.1. The lowest BCUT2D eigenvalue weighted by Crippen LogP contribution is -2.35. The van der Waals surface area contributed by atoms with Gasteiger partial charge in [-0.15, -0.1) is 11.3 Å². The van der Waals surface area contributed by atoms with E-state index in [1.807, 2.05) is 12.1 Å². The fraction of sp³-hybridized carbons (Fsp3) is 0.565. The number of sulfonamides is 1. The molecule has 1 fully saturated rings. The molecule has 7 heteroatoms. The summed E-state index contributed by atoms with van der Waals surface area (Å²) in [6.45, 7) is 7.30. The van der Waals surface area contributed by atoms with Crippen LogP contribution in [0, 0.1) is 0 Å². The minimum absolute atomic E-state index is 0.383. The Morgan fingerprint density at radius 3 is 2.57 bits per heavy atom. The van der Waals surface area contributed by atoms with Crippen molar-refractivity contribution in [2.75, 3.05) is 32.8 Å². The van der Waals surface area contributed by atoms with Crippen molar-refractivity contribution >= 4 is 21.4 Å². The molecule has 3 heterocycles. The SMILES string of the molecule is CCc1ccc(S(=O)(=O)N2CCc3cc(OCCCN4CCCCC4)sc3C2)cc1. The van der Waals surface area contributed by atoms with Crippen LogP contribution < -0.4 is 4.74 Å². The first-order valence-corrected chi connectivity index (χ1v) is 13.4. The molecule has 30 heavy (non-hydrogen) atoms. The number of ether oxygens (including phenoxy) is 1. The largest absolute Gasteiger partial charge is 0.484 e. The lowest BCUT2D eigenvalue weighted by Gasteiger charge is -2.26. The monoisotopic (exact) mass is 448 g/mol. The van der Waals surface area contributed by atoms with E-state index in [0.717, 1.165) is 47.9 Å². The van der Waals surface area contributed by atoms with Crippen LogP contribution in [0.2, 0.25) is 0 Å². The molecule has 0 N–H and O–H groups in total. The maximum absolute atomic E-state index is 13.1. The minimum Gasteiger partial charge on any atom is -0.484 e. The number of nitrogens with zero attached hydrogens (tertiary/aromatic N) is 2. The van der Waals surface area contributed by atoms with Gasteiger partial charge in [0.1, 0.15) is 0 Å². The molecule has 0 aliphatic carbocycles. The van der Waals surface area contributed by atoms with Crippen LogP contribution in [0.25, 0.3) is 0 Å². The number of piperidine rings is 1. The highest BCUT2D eigenvalue weighted by molar-refractivity contribution is 7.89. The van der Waals surface area contributed by atoms with Gasteiger partial charge >= 0.3 is 0 Å². The van der Waals surface area contributed by atoms with Crippen LogP contribution in [0.1, 0.15) is 48.6 Å². The molecule has 1 aromatic carbocycles. The van der Waals surface area contributed by atoms with Crippen molar-refractivity contribution in [1.82, 2.24) is 9.21 Å². The summed E-state index contributed by atoms with van der Waals surface area (Å²) in [6, 6.07) is 9.39. The number of benzene rings is 1. The summed E-state index contributed by atoms with van der Waals surface area (Å²) in [5.74, 6) is 0. The van der Waals surface area contributed by atoms with Crippen molar-refractivity contribution in [2.45, 2.75) is 56.9 Å². The van der Waals surface area contributed by atoms with Gasteiger partial charge in [-0.2, -0.15) is 4.31 Å². The number of thiophene rings is 1. The maximum Gasteiger partial charge on any atom is 0.243 e. The molecule has 0 spiro atoms. The molecule has 164 valence electrons. The Hall–Kier alpha value is -1.41. The van der Waals surface area contributed by atoms with Crippen LogP contribution in [0.3, 0.4) is 0 Å². The van der Waals surface area contributed by atoms with Gasteiger partial charge in [-0.05, 0) is 74.5 Å². The van der Waals surface area contributed by atoms with Gasteiger partial charge in [-0.3, -0.25) is 0 Å². The first-order valence-electron chi connectivity index (χ1n) is 11.1. The van der Waals surface area contributed by atoms with E-state index in [1.165, 1.54) is 37.9 Å². The van der Waals surface area contributed by atoms with E-state index < -0.39 is 10.0 Å². The van der Waals surface area contributed by atoms with Gasteiger partial charge in [0.05, 0.1) is 11.5 Å². The summed E-state index contributed by atoms with van der Waals surface area (Å²) in [5.41, 5.74) is 2.38. The first-order chi connectivity index (χ1) is 14.6. The highest BCUT2D eigenvalue weighted by atomic mass is 32.2. The Labute approximate surface area is 184 Å². The van der Waals surface area contributed by atoms with Crippen LogP contribution in [-0.4, -0.2) is 50.4 Å². The second kappa shape index (κ2) is 9.81. The molecule has 0 radical (unpaired) electrons. The number of hydrogen-bond acceptors (Lipinski definition) is 5. The first kappa shape index (κ1) is 21.8. The Balaban J connectivity index is 1.33. The van der Waals surface area contributed by atoms with E-state index in [1.54, 1.807) is 27.8 Å². The molecule has 0 unspecified atom stereocenters. The smallest absolute Gasteiger partial charge is 0.243 e. The van der Waals surface area contributed by atoms with Gasteiger partial charge in [0.25, 0.3) is 0 Å². The predicted octanol–water partition coefficient (Wildman–Crippen LogP) is 4.31. The standard InChI is InChI=1S/C23H32N2O3S2/c1-2-19-7-9-21(10-8-19)30(26,27)25-15-11-20-17-23(29-22(20)18-25)28-16-6-14-24-12-4-3-5-13-24/h7-10,17H,2-6,11-16,18H2,1H3. The van der Waals surface area contributed by atoms with Crippen molar-refractivity contribution in [1.29, 1.82) is 0 Å². The second-order valence-corrected chi connectivity index (χ2v) is 11.2. The predicted molar refractivity (Wildman–Crippen MR) is 122 cm³/mol. The Kier molecular flexibility index (Phi) is 7.13. The second-order valence-electron chi connectivity index (χ2n) is 8.20. The molecule has 2 aliphatic rings. The van der Waals surface area contributed by atoms with E-state index >= 15 is 0 Å².